The van der Waals surface area contributed by atoms with E-state index in [2.05, 4.69) is 0 Å². The number of nitrogens with two attached hydrogens (primary N) is 1. The molecule has 3 aromatic carbocycles. The zero-order chi connectivity index (χ0) is 20.9. The smallest absolute Gasteiger partial charge is 0.246 e. The van der Waals surface area contributed by atoms with Crippen LogP contribution in [0.2, 0.25) is 0 Å². The van der Waals surface area contributed by atoms with Gasteiger partial charge in [0.15, 0.2) is 0 Å². The van der Waals surface area contributed by atoms with Gasteiger partial charge in [0.1, 0.15) is 11.7 Å². The third-order valence-electron chi connectivity index (χ3n) is 5.21. The van der Waals surface area contributed by atoms with Crippen LogP contribution < -0.4 is 5.73 Å². The second-order valence-corrected chi connectivity index (χ2v) is 7.86. The summed E-state index contributed by atoms with van der Waals surface area (Å²) in [5.41, 5.74) is 6.46. The van der Waals surface area contributed by atoms with Gasteiger partial charge in [0, 0.05) is 5.41 Å². The van der Waals surface area contributed by atoms with Gasteiger partial charge in [-0.3, -0.25) is 4.79 Å². The molecule has 0 bridgehead atoms. The molecule has 0 aliphatic rings. The maximum absolute atomic E-state index is 11.6. The molecule has 0 saturated carbocycles. The second kappa shape index (κ2) is 8.60. The molecule has 0 unspecified atom stereocenters. The van der Waals surface area contributed by atoms with Crippen molar-refractivity contribution in [3.63, 3.8) is 0 Å². The van der Waals surface area contributed by atoms with Crippen molar-refractivity contribution in [2.24, 2.45) is 11.1 Å². The zero-order valence-corrected chi connectivity index (χ0v) is 16.8. The summed E-state index contributed by atoms with van der Waals surface area (Å²) in [4.78, 5) is 11.6. The summed E-state index contributed by atoms with van der Waals surface area (Å²) < 4.78 is 6.66. The fourth-order valence-electron chi connectivity index (χ4n) is 3.53. The van der Waals surface area contributed by atoms with Crippen LogP contribution in [0.25, 0.3) is 0 Å². The van der Waals surface area contributed by atoms with Crippen LogP contribution in [-0.2, 0) is 15.1 Å². The van der Waals surface area contributed by atoms with Crippen molar-refractivity contribution < 1.29 is 14.6 Å². The van der Waals surface area contributed by atoms with Gasteiger partial charge >= 0.3 is 0 Å². The Hall–Kier alpha value is -2.95. The van der Waals surface area contributed by atoms with Crippen molar-refractivity contribution in [3.8, 4) is 0 Å². The maximum Gasteiger partial charge on any atom is 0.246 e. The largest absolute Gasteiger partial charge is 0.383 e. The van der Waals surface area contributed by atoms with Crippen molar-refractivity contribution in [1.82, 2.24) is 0 Å². The molecule has 3 rings (SSSR count). The van der Waals surface area contributed by atoms with Gasteiger partial charge in [-0.2, -0.15) is 0 Å². The Labute approximate surface area is 172 Å². The molecule has 0 aromatic heterocycles. The summed E-state index contributed by atoms with van der Waals surface area (Å²) in [6, 6.07) is 29.9. The predicted octanol–water partition coefficient (Wildman–Crippen LogP) is 3.87. The summed E-state index contributed by atoms with van der Waals surface area (Å²) in [7, 11) is 0. The maximum atomic E-state index is 11.6. The van der Waals surface area contributed by atoms with Gasteiger partial charge < -0.3 is 15.6 Å². The number of carbonyl (C=O) groups is 1. The van der Waals surface area contributed by atoms with Crippen LogP contribution >= 0.6 is 0 Å². The van der Waals surface area contributed by atoms with Crippen LogP contribution in [0.3, 0.4) is 0 Å². The number of aliphatic hydroxyl groups excluding tert-OH is 1. The van der Waals surface area contributed by atoms with E-state index in [1.54, 1.807) is 13.8 Å². The lowest BCUT2D eigenvalue weighted by atomic mass is 9.79. The molecule has 0 radical (unpaired) electrons. The Morgan fingerprint density at radius 1 is 0.828 bits per heavy atom. The molecule has 0 fully saturated rings. The molecule has 3 N–H and O–H groups in total. The van der Waals surface area contributed by atoms with E-state index >= 15 is 0 Å². The SMILES string of the molecule is CC(C)(COC(c1ccccc1)(c1ccccc1)c1ccccc1)[C@H](O)C(N)=O. The highest BCUT2D eigenvalue weighted by Gasteiger charge is 2.41. The van der Waals surface area contributed by atoms with Crippen LogP contribution in [0.4, 0.5) is 0 Å². The van der Waals surface area contributed by atoms with Crippen LogP contribution in [0.5, 0.6) is 0 Å². The summed E-state index contributed by atoms with van der Waals surface area (Å²) >= 11 is 0. The van der Waals surface area contributed by atoms with Crippen LogP contribution in [0.1, 0.15) is 30.5 Å². The normalized spacial score (nSPS) is 13.1. The Balaban J connectivity index is 2.16. The van der Waals surface area contributed by atoms with E-state index in [9.17, 15) is 9.90 Å². The second-order valence-electron chi connectivity index (χ2n) is 7.86. The molecule has 29 heavy (non-hydrogen) atoms. The summed E-state index contributed by atoms with van der Waals surface area (Å²) in [5.74, 6) is -0.761. The minimum absolute atomic E-state index is 0.121. The number of aliphatic hydroxyl groups is 1. The Kier molecular flexibility index (Phi) is 6.16. The Morgan fingerprint density at radius 3 is 1.48 bits per heavy atom. The molecule has 1 atom stereocenters. The summed E-state index contributed by atoms with van der Waals surface area (Å²) in [6.45, 7) is 3.66. The molecule has 0 saturated heterocycles. The first kappa shape index (κ1) is 20.8. The Bertz CT molecular complexity index is 827. The average Bonchev–Trinajstić information content (AvgIpc) is 2.76. The van der Waals surface area contributed by atoms with E-state index in [0.29, 0.717) is 0 Å². The molecular weight excluding hydrogens is 362 g/mol. The monoisotopic (exact) mass is 389 g/mol. The fourth-order valence-corrected chi connectivity index (χ4v) is 3.53. The van der Waals surface area contributed by atoms with Gasteiger partial charge in [0.25, 0.3) is 0 Å². The average molecular weight is 389 g/mol. The topological polar surface area (TPSA) is 72.6 Å². The Morgan fingerprint density at radius 2 is 1.17 bits per heavy atom. The molecule has 0 aliphatic carbocycles. The molecule has 0 spiro atoms. The molecular formula is C25H27NO3. The van der Waals surface area contributed by atoms with Crippen LogP contribution in [0.15, 0.2) is 91.0 Å². The first-order valence-corrected chi connectivity index (χ1v) is 9.66. The van der Waals surface area contributed by atoms with E-state index in [4.69, 9.17) is 10.5 Å². The van der Waals surface area contributed by atoms with Crippen molar-refractivity contribution in [2.75, 3.05) is 6.61 Å². The number of hydrogen-bond donors (Lipinski definition) is 2. The van der Waals surface area contributed by atoms with Crippen molar-refractivity contribution >= 4 is 5.91 Å². The highest BCUT2D eigenvalue weighted by Crippen LogP contribution is 2.41. The van der Waals surface area contributed by atoms with E-state index in [1.807, 2.05) is 91.0 Å². The molecule has 0 aliphatic heterocycles. The van der Waals surface area contributed by atoms with Gasteiger partial charge in [-0.05, 0) is 16.7 Å². The first-order valence-electron chi connectivity index (χ1n) is 9.66. The number of amides is 1. The molecule has 1 amide bonds. The number of rotatable bonds is 8. The van der Waals surface area contributed by atoms with Crippen molar-refractivity contribution in [2.45, 2.75) is 25.6 Å². The van der Waals surface area contributed by atoms with Gasteiger partial charge in [0.2, 0.25) is 5.91 Å². The molecule has 150 valence electrons. The van der Waals surface area contributed by atoms with Crippen LogP contribution in [0, 0.1) is 5.41 Å². The number of ether oxygens (including phenoxy) is 1. The lowest BCUT2D eigenvalue weighted by Gasteiger charge is -2.39. The number of hydrogen-bond acceptors (Lipinski definition) is 3. The first-order chi connectivity index (χ1) is 13.9. The van der Waals surface area contributed by atoms with Crippen LogP contribution in [-0.4, -0.2) is 23.7 Å². The van der Waals surface area contributed by atoms with Gasteiger partial charge in [-0.25, -0.2) is 0 Å². The van der Waals surface area contributed by atoms with Gasteiger partial charge in [-0.1, -0.05) is 105 Å². The standard InChI is InChI=1S/C25H27NO3/c1-24(2,22(27)23(26)28)18-29-25(19-12-6-3-7-13-19,20-14-8-4-9-15-20)21-16-10-5-11-17-21/h3-17,22,27H,18H2,1-2H3,(H2,26,28)/t22-/m1/s1. The molecule has 0 heterocycles. The van der Waals surface area contributed by atoms with Crippen molar-refractivity contribution in [3.05, 3.63) is 108 Å². The summed E-state index contributed by atoms with van der Waals surface area (Å²) in [6.07, 6.45) is -1.32. The quantitative estimate of drug-likeness (QED) is 0.575. The summed E-state index contributed by atoms with van der Waals surface area (Å²) in [5, 5.41) is 10.3. The predicted molar refractivity (Wildman–Crippen MR) is 114 cm³/mol. The van der Waals surface area contributed by atoms with Crippen molar-refractivity contribution in [1.29, 1.82) is 0 Å². The van der Waals surface area contributed by atoms with Gasteiger partial charge in [-0.15, -0.1) is 0 Å². The van der Waals surface area contributed by atoms with Gasteiger partial charge in [0.05, 0.1) is 6.61 Å². The number of primary amides is 1. The molecule has 3 aromatic rings. The molecule has 4 heteroatoms. The molecule has 4 nitrogen and oxygen atoms in total. The number of carbonyl (C=O) groups excluding carboxylic acids is 1. The van der Waals surface area contributed by atoms with E-state index in [1.165, 1.54) is 0 Å². The third kappa shape index (κ3) is 4.24. The van der Waals surface area contributed by atoms with E-state index in [0.717, 1.165) is 16.7 Å². The zero-order valence-electron chi connectivity index (χ0n) is 16.8. The fraction of sp³-hybridized carbons (Fsp3) is 0.240. The third-order valence-corrected chi connectivity index (χ3v) is 5.21. The minimum Gasteiger partial charge on any atom is -0.383 e. The lowest BCUT2D eigenvalue weighted by Crippen LogP contribution is -2.46. The van der Waals surface area contributed by atoms with E-state index in [-0.39, 0.29) is 6.61 Å². The van der Waals surface area contributed by atoms with E-state index < -0.39 is 23.0 Å². The number of benzene rings is 3. The highest BCUT2D eigenvalue weighted by atomic mass is 16.5. The highest BCUT2D eigenvalue weighted by molar-refractivity contribution is 5.79. The minimum atomic E-state index is -1.32. The lowest BCUT2D eigenvalue weighted by molar-refractivity contribution is -0.137.